The first-order valence-corrected chi connectivity index (χ1v) is 12.7. The minimum atomic E-state index is -0.371. The van der Waals surface area contributed by atoms with Gasteiger partial charge < -0.3 is 20.1 Å². The predicted octanol–water partition coefficient (Wildman–Crippen LogP) is 6.44. The van der Waals surface area contributed by atoms with E-state index in [4.69, 9.17) is 23.8 Å². The van der Waals surface area contributed by atoms with E-state index in [-0.39, 0.29) is 29.7 Å². The van der Waals surface area contributed by atoms with Crippen LogP contribution in [0.4, 0.5) is 15.8 Å². The lowest BCUT2D eigenvalue weighted by Crippen LogP contribution is -2.30. The van der Waals surface area contributed by atoms with Crippen LogP contribution in [0.3, 0.4) is 0 Å². The van der Waals surface area contributed by atoms with E-state index in [9.17, 15) is 9.18 Å². The van der Waals surface area contributed by atoms with Crippen LogP contribution in [-0.2, 0) is 4.79 Å². The highest BCUT2D eigenvalue weighted by Crippen LogP contribution is 2.43. The number of carbonyl (C=O) groups excluding carboxylic acids is 1. The molecule has 0 bridgehead atoms. The maximum Gasteiger partial charge on any atom is 0.226 e. The topological polar surface area (TPSA) is 62.2 Å². The third-order valence-electron chi connectivity index (χ3n) is 6.31. The summed E-state index contributed by atoms with van der Waals surface area (Å²) in [6, 6.07) is 20.9. The summed E-state index contributed by atoms with van der Waals surface area (Å²) in [5, 5.41) is 7.13. The molecule has 188 valence electrons. The summed E-state index contributed by atoms with van der Waals surface area (Å²) in [6.07, 6.45) is 3.57. The van der Waals surface area contributed by atoms with Crippen molar-refractivity contribution in [3.8, 4) is 5.69 Å². The van der Waals surface area contributed by atoms with Crippen LogP contribution < -0.4 is 15.5 Å². The monoisotopic (exact) mass is 533 g/mol. The van der Waals surface area contributed by atoms with Gasteiger partial charge in [0, 0.05) is 29.7 Å². The van der Waals surface area contributed by atoms with Crippen molar-refractivity contribution >= 4 is 46.2 Å². The summed E-state index contributed by atoms with van der Waals surface area (Å²) in [5.41, 5.74) is 3.31. The van der Waals surface area contributed by atoms with Gasteiger partial charge in [-0.1, -0.05) is 43.6 Å². The molecule has 0 aliphatic carbocycles. The van der Waals surface area contributed by atoms with Crippen LogP contribution in [0.2, 0.25) is 5.02 Å². The van der Waals surface area contributed by atoms with E-state index < -0.39 is 0 Å². The van der Waals surface area contributed by atoms with Crippen molar-refractivity contribution in [1.29, 1.82) is 0 Å². The molecule has 1 saturated heterocycles. The molecule has 4 aromatic rings. The Morgan fingerprint density at radius 1 is 1.11 bits per heavy atom. The summed E-state index contributed by atoms with van der Waals surface area (Å²) in [6.45, 7) is 3.64. The standard InChI is InChI=1S/C28H25ClFN5OS/c1-17(2)27(36)32-21-13-12-18(16-19(21)29)35-26(25(33-28(35)37)22-9-5-6-14-31-22)24-11-7-15-34(24)23-10-4-3-8-20(23)30/h3-17,25-26H,1-2H3,(H,32,36)(H,33,37)/t25-,26+/m1/s1. The lowest BCUT2D eigenvalue weighted by atomic mass is 10.0. The number of para-hydroxylation sites is 1. The van der Waals surface area contributed by atoms with Gasteiger partial charge >= 0.3 is 0 Å². The van der Waals surface area contributed by atoms with Crippen LogP contribution in [0, 0.1) is 11.7 Å². The zero-order valence-corrected chi connectivity index (χ0v) is 21.8. The Balaban J connectivity index is 1.61. The maximum absolute atomic E-state index is 14.9. The Labute approximate surface area is 225 Å². The number of pyridine rings is 1. The molecule has 1 aliphatic heterocycles. The fraction of sp³-hybridized carbons (Fsp3) is 0.179. The average Bonchev–Trinajstić information content (AvgIpc) is 3.50. The third-order valence-corrected chi connectivity index (χ3v) is 6.93. The van der Waals surface area contributed by atoms with Gasteiger partial charge in [-0.25, -0.2) is 4.39 Å². The van der Waals surface area contributed by atoms with Crippen LogP contribution in [0.1, 0.15) is 37.3 Å². The normalized spacial score (nSPS) is 17.2. The van der Waals surface area contributed by atoms with Crippen molar-refractivity contribution in [2.75, 3.05) is 10.2 Å². The van der Waals surface area contributed by atoms with E-state index >= 15 is 0 Å². The molecule has 2 aromatic carbocycles. The van der Waals surface area contributed by atoms with Crippen molar-refractivity contribution < 1.29 is 9.18 Å². The maximum atomic E-state index is 14.9. The first kappa shape index (κ1) is 24.9. The van der Waals surface area contributed by atoms with Gasteiger partial charge in [0.2, 0.25) is 5.91 Å². The van der Waals surface area contributed by atoms with Gasteiger partial charge in [0.15, 0.2) is 5.11 Å². The Bertz CT molecular complexity index is 1460. The molecule has 1 aliphatic rings. The second-order valence-corrected chi connectivity index (χ2v) is 9.85. The molecular weight excluding hydrogens is 509 g/mol. The zero-order chi connectivity index (χ0) is 26.1. The van der Waals surface area contributed by atoms with Gasteiger partial charge in [-0.2, -0.15) is 0 Å². The summed E-state index contributed by atoms with van der Waals surface area (Å²) < 4.78 is 16.7. The minimum Gasteiger partial charge on any atom is -0.351 e. The molecule has 0 unspecified atom stereocenters. The van der Waals surface area contributed by atoms with Crippen molar-refractivity contribution in [2.45, 2.75) is 25.9 Å². The third kappa shape index (κ3) is 4.82. The number of hydrogen-bond donors (Lipinski definition) is 2. The number of amides is 1. The van der Waals surface area contributed by atoms with E-state index in [1.54, 1.807) is 36.5 Å². The molecule has 0 saturated carbocycles. The van der Waals surface area contributed by atoms with Gasteiger partial charge in [0.1, 0.15) is 11.9 Å². The number of carbonyl (C=O) groups is 1. The molecular formula is C28H25ClFN5OS. The highest BCUT2D eigenvalue weighted by Gasteiger charge is 2.42. The van der Waals surface area contributed by atoms with Crippen LogP contribution in [0.25, 0.3) is 5.69 Å². The Morgan fingerprint density at radius 3 is 2.59 bits per heavy atom. The second-order valence-electron chi connectivity index (χ2n) is 9.06. The minimum absolute atomic E-state index is 0.121. The number of rotatable bonds is 6. The van der Waals surface area contributed by atoms with Crippen LogP contribution >= 0.6 is 23.8 Å². The predicted molar refractivity (Wildman–Crippen MR) is 149 cm³/mol. The van der Waals surface area contributed by atoms with Crippen molar-refractivity contribution in [3.05, 3.63) is 107 Å². The molecule has 5 rings (SSSR count). The van der Waals surface area contributed by atoms with E-state index in [0.717, 1.165) is 17.1 Å². The summed E-state index contributed by atoms with van der Waals surface area (Å²) in [7, 11) is 0. The Hall–Kier alpha value is -3.75. The number of aromatic nitrogens is 2. The average molecular weight is 534 g/mol. The summed E-state index contributed by atoms with van der Waals surface area (Å²) in [4.78, 5) is 18.8. The lowest BCUT2D eigenvalue weighted by molar-refractivity contribution is -0.118. The van der Waals surface area contributed by atoms with Crippen molar-refractivity contribution in [3.63, 3.8) is 0 Å². The molecule has 2 aromatic heterocycles. The van der Waals surface area contributed by atoms with Gasteiger partial charge in [0.25, 0.3) is 0 Å². The molecule has 0 radical (unpaired) electrons. The first-order valence-electron chi connectivity index (χ1n) is 11.9. The largest absolute Gasteiger partial charge is 0.351 e. The fourth-order valence-corrected chi connectivity index (χ4v) is 5.04. The summed E-state index contributed by atoms with van der Waals surface area (Å²) in [5.74, 6) is -0.632. The second kappa shape index (κ2) is 10.3. The fourth-order valence-electron chi connectivity index (χ4n) is 4.47. The number of nitrogens with zero attached hydrogens (tertiary/aromatic N) is 3. The summed E-state index contributed by atoms with van der Waals surface area (Å²) >= 11 is 12.4. The van der Waals surface area contributed by atoms with Crippen LogP contribution in [0.15, 0.2) is 85.2 Å². The molecule has 1 amide bonds. The van der Waals surface area contributed by atoms with E-state index in [0.29, 0.717) is 21.5 Å². The highest BCUT2D eigenvalue weighted by atomic mass is 35.5. The molecule has 2 atom stereocenters. The van der Waals surface area contributed by atoms with E-state index in [2.05, 4.69) is 15.6 Å². The smallest absolute Gasteiger partial charge is 0.226 e. The highest BCUT2D eigenvalue weighted by molar-refractivity contribution is 7.80. The number of halogens is 2. The number of hydrogen-bond acceptors (Lipinski definition) is 3. The molecule has 3 heterocycles. The Kier molecular flexibility index (Phi) is 6.95. The van der Waals surface area contributed by atoms with Gasteiger partial charge in [-0.3, -0.25) is 9.78 Å². The lowest BCUT2D eigenvalue weighted by Gasteiger charge is -2.29. The van der Waals surface area contributed by atoms with Crippen LogP contribution in [-0.4, -0.2) is 20.6 Å². The zero-order valence-electron chi connectivity index (χ0n) is 20.2. The molecule has 37 heavy (non-hydrogen) atoms. The Morgan fingerprint density at radius 2 is 1.89 bits per heavy atom. The SMILES string of the molecule is CC(C)C(=O)Nc1ccc(N2C(=S)N[C@H](c3ccccn3)[C@@H]2c2cccn2-c2ccccc2F)cc1Cl. The first-order chi connectivity index (χ1) is 17.8. The van der Waals surface area contributed by atoms with Gasteiger partial charge in [-0.05, 0) is 66.8 Å². The molecule has 2 N–H and O–H groups in total. The molecule has 9 heteroatoms. The molecule has 0 spiro atoms. The van der Waals surface area contributed by atoms with E-state index in [1.807, 2.05) is 65.9 Å². The number of thiocarbonyl (C=S) groups is 1. The molecule has 1 fully saturated rings. The van der Waals surface area contributed by atoms with Crippen molar-refractivity contribution in [1.82, 2.24) is 14.9 Å². The van der Waals surface area contributed by atoms with Gasteiger partial charge in [-0.15, -0.1) is 0 Å². The number of benzene rings is 2. The van der Waals surface area contributed by atoms with Crippen molar-refractivity contribution in [2.24, 2.45) is 5.92 Å². The van der Waals surface area contributed by atoms with E-state index in [1.165, 1.54) is 6.07 Å². The quantitative estimate of drug-likeness (QED) is 0.279. The van der Waals surface area contributed by atoms with Crippen LogP contribution in [0.5, 0.6) is 0 Å². The number of anilines is 2. The molecule has 6 nitrogen and oxygen atoms in total. The van der Waals surface area contributed by atoms with Gasteiger partial charge in [0.05, 0.1) is 28.1 Å². The number of nitrogens with one attached hydrogen (secondary N) is 2.